The molecule has 19 heavy (non-hydrogen) atoms. The zero-order chi connectivity index (χ0) is 13.8. The Balaban J connectivity index is 2.47. The van der Waals surface area contributed by atoms with E-state index in [1.54, 1.807) is 30.3 Å². The normalized spacial score (nSPS) is 12.0. The van der Waals surface area contributed by atoms with Gasteiger partial charge in [-0.3, -0.25) is 0 Å². The lowest BCUT2D eigenvalue weighted by molar-refractivity contribution is 0.208. The van der Waals surface area contributed by atoms with Crippen molar-refractivity contribution < 1.29 is 19.0 Å². The average molecular weight is 262 g/mol. The zero-order valence-electron chi connectivity index (χ0n) is 10.8. The van der Waals surface area contributed by atoms with Gasteiger partial charge in [0, 0.05) is 11.1 Å². The monoisotopic (exact) mass is 262 g/mol. The van der Waals surface area contributed by atoms with Crippen molar-refractivity contribution in [2.24, 2.45) is 0 Å². The molecule has 0 aliphatic heterocycles. The summed E-state index contributed by atoms with van der Waals surface area (Å²) in [7, 11) is 2.89. The molecule has 1 atom stereocenters. The van der Waals surface area contributed by atoms with Crippen LogP contribution in [-0.4, -0.2) is 19.3 Å². The Hall–Kier alpha value is -2.07. The van der Waals surface area contributed by atoms with Gasteiger partial charge in [-0.05, 0) is 12.1 Å². The lowest BCUT2D eigenvalue weighted by Gasteiger charge is -2.16. The van der Waals surface area contributed by atoms with Crippen LogP contribution in [0.15, 0.2) is 42.5 Å². The predicted molar refractivity (Wildman–Crippen MR) is 70.0 cm³/mol. The van der Waals surface area contributed by atoms with Crippen molar-refractivity contribution in [3.8, 4) is 11.5 Å². The highest BCUT2D eigenvalue weighted by molar-refractivity contribution is 5.42. The molecule has 2 rings (SSSR count). The molecule has 0 radical (unpaired) electrons. The van der Waals surface area contributed by atoms with E-state index in [4.69, 9.17) is 9.47 Å². The van der Waals surface area contributed by atoms with Crippen molar-refractivity contribution in [2.75, 3.05) is 14.2 Å². The topological polar surface area (TPSA) is 38.7 Å². The third-order valence-electron chi connectivity index (χ3n) is 2.94. The summed E-state index contributed by atoms with van der Waals surface area (Å²) in [5.74, 6) is 0.0482. The first-order chi connectivity index (χ1) is 9.19. The van der Waals surface area contributed by atoms with Gasteiger partial charge in [0.15, 0.2) is 11.6 Å². The highest BCUT2D eigenvalue weighted by atomic mass is 19.1. The van der Waals surface area contributed by atoms with Crippen molar-refractivity contribution in [1.82, 2.24) is 0 Å². The molecule has 0 aliphatic carbocycles. The third-order valence-corrected chi connectivity index (χ3v) is 2.94. The molecule has 0 bridgehead atoms. The Morgan fingerprint density at radius 3 is 2.16 bits per heavy atom. The number of halogens is 1. The smallest absolute Gasteiger partial charge is 0.171 e. The molecular formula is C15H15FO3. The summed E-state index contributed by atoms with van der Waals surface area (Å²) >= 11 is 0. The fourth-order valence-electron chi connectivity index (χ4n) is 1.96. The second-order valence-electron chi connectivity index (χ2n) is 4.01. The molecule has 0 saturated heterocycles. The summed E-state index contributed by atoms with van der Waals surface area (Å²) < 4.78 is 24.2. The molecule has 0 fully saturated rings. The largest absolute Gasteiger partial charge is 0.496 e. The zero-order valence-corrected chi connectivity index (χ0v) is 10.8. The summed E-state index contributed by atoms with van der Waals surface area (Å²) in [5, 5.41) is 10.3. The van der Waals surface area contributed by atoms with Gasteiger partial charge >= 0.3 is 0 Å². The standard InChI is InChI=1S/C15H15FO3/c1-18-12-8-4-3-6-10(12)15(17)11-7-5-9-13(19-2)14(11)16/h3-9,15,17H,1-2H3. The fraction of sp³-hybridized carbons (Fsp3) is 0.200. The molecule has 0 saturated carbocycles. The van der Waals surface area contributed by atoms with Crippen LogP contribution in [0.5, 0.6) is 11.5 Å². The van der Waals surface area contributed by atoms with Gasteiger partial charge < -0.3 is 14.6 Å². The van der Waals surface area contributed by atoms with E-state index >= 15 is 0 Å². The number of methoxy groups -OCH3 is 2. The molecule has 100 valence electrons. The molecular weight excluding hydrogens is 247 g/mol. The molecule has 0 spiro atoms. The molecule has 1 unspecified atom stereocenters. The second-order valence-corrected chi connectivity index (χ2v) is 4.01. The van der Waals surface area contributed by atoms with E-state index in [2.05, 4.69) is 0 Å². The van der Waals surface area contributed by atoms with Crippen molar-refractivity contribution in [3.05, 3.63) is 59.4 Å². The maximum absolute atomic E-state index is 14.1. The Bertz CT molecular complexity index is 569. The Morgan fingerprint density at radius 2 is 1.47 bits per heavy atom. The van der Waals surface area contributed by atoms with E-state index < -0.39 is 11.9 Å². The van der Waals surface area contributed by atoms with Crippen molar-refractivity contribution >= 4 is 0 Å². The predicted octanol–water partition coefficient (Wildman–Crippen LogP) is 2.92. The van der Waals surface area contributed by atoms with E-state index in [9.17, 15) is 9.50 Å². The maximum atomic E-state index is 14.1. The first-order valence-electron chi connectivity index (χ1n) is 5.82. The second kappa shape index (κ2) is 5.71. The lowest BCUT2D eigenvalue weighted by Crippen LogP contribution is -2.05. The Labute approximate surface area is 111 Å². The van der Waals surface area contributed by atoms with Gasteiger partial charge in [0.2, 0.25) is 0 Å². The summed E-state index contributed by atoms with van der Waals surface area (Å²) in [6, 6.07) is 11.6. The Morgan fingerprint density at radius 1 is 0.895 bits per heavy atom. The minimum atomic E-state index is -1.11. The van der Waals surface area contributed by atoms with Crippen LogP contribution in [0.3, 0.4) is 0 Å². The SMILES string of the molecule is COc1ccccc1C(O)c1cccc(OC)c1F. The number of aliphatic hydroxyl groups is 1. The van der Waals surface area contributed by atoms with E-state index in [0.29, 0.717) is 11.3 Å². The lowest BCUT2D eigenvalue weighted by atomic mass is 10.00. The first kappa shape index (κ1) is 13.4. The van der Waals surface area contributed by atoms with Crippen LogP contribution in [0, 0.1) is 5.82 Å². The summed E-state index contributed by atoms with van der Waals surface area (Å²) in [6.07, 6.45) is -1.11. The van der Waals surface area contributed by atoms with Crippen LogP contribution < -0.4 is 9.47 Å². The van der Waals surface area contributed by atoms with Crippen LogP contribution in [0.25, 0.3) is 0 Å². The number of para-hydroxylation sites is 1. The number of benzene rings is 2. The van der Waals surface area contributed by atoms with Crippen LogP contribution in [0.2, 0.25) is 0 Å². The third kappa shape index (κ3) is 2.53. The Kier molecular flexibility index (Phi) is 4.02. The minimum absolute atomic E-state index is 0.103. The van der Waals surface area contributed by atoms with E-state index in [1.807, 2.05) is 0 Å². The highest BCUT2D eigenvalue weighted by Gasteiger charge is 2.20. The van der Waals surface area contributed by atoms with Gasteiger partial charge in [0.25, 0.3) is 0 Å². The first-order valence-corrected chi connectivity index (χ1v) is 5.82. The molecule has 3 nitrogen and oxygen atoms in total. The van der Waals surface area contributed by atoms with E-state index in [1.165, 1.54) is 26.4 Å². The molecule has 0 heterocycles. The van der Waals surface area contributed by atoms with Gasteiger partial charge in [-0.15, -0.1) is 0 Å². The fourth-order valence-corrected chi connectivity index (χ4v) is 1.96. The maximum Gasteiger partial charge on any atom is 0.171 e. The molecule has 0 aliphatic rings. The molecule has 2 aromatic carbocycles. The van der Waals surface area contributed by atoms with Gasteiger partial charge in [0.1, 0.15) is 11.9 Å². The van der Waals surface area contributed by atoms with E-state index in [0.717, 1.165) is 0 Å². The van der Waals surface area contributed by atoms with Gasteiger partial charge in [-0.1, -0.05) is 30.3 Å². The summed E-state index contributed by atoms with van der Waals surface area (Å²) in [5.41, 5.74) is 0.668. The average Bonchev–Trinajstić information content (AvgIpc) is 2.46. The van der Waals surface area contributed by atoms with Crippen LogP contribution in [0.1, 0.15) is 17.2 Å². The quantitative estimate of drug-likeness (QED) is 0.920. The number of hydrogen-bond donors (Lipinski definition) is 1. The van der Waals surface area contributed by atoms with Crippen molar-refractivity contribution in [2.45, 2.75) is 6.10 Å². The molecule has 4 heteroatoms. The van der Waals surface area contributed by atoms with Crippen LogP contribution >= 0.6 is 0 Å². The van der Waals surface area contributed by atoms with Gasteiger partial charge in [0.05, 0.1) is 14.2 Å². The highest BCUT2D eigenvalue weighted by Crippen LogP contribution is 2.33. The van der Waals surface area contributed by atoms with Crippen LogP contribution in [-0.2, 0) is 0 Å². The number of ether oxygens (including phenoxy) is 2. The van der Waals surface area contributed by atoms with Crippen molar-refractivity contribution in [1.29, 1.82) is 0 Å². The minimum Gasteiger partial charge on any atom is -0.496 e. The van der Waals surface area contributed by atoms with Gasteiger partial charge in [-0.25, -0.2) is 4.39 Å². The molecule has 0 aromatic heterocycles. The molecule has 0 amide bonds. The number of hydrogen-bond acceptors (Lipinski definition) is 3. The number of rotatable bonds is 4. The van der Waals surface area contributed by atoms with Crippen molar-refractivity contribution in [3.63, 3.8) is 0 Å². The van der Waals surface area contributed by atoms with Crippen LogP contribution in [0.4, 0.5) is 4.39 Å². The van der Waals surface area contributed by atoms with Gasteiger partial charge in [-0.2, -0.15) is 0 Å². The number of aliphatic hydroxyl groups excluding tert-OH is 1. The summed E-state index contributed by atoms with van der Waals surface area (Å²) in [4.78, 5) is 0. The molecule has 1 N–H and O–H groups in total. The van der Waals surface area contributed by atoms with E-state index in [-0.39, 0.29) is 11.3 Å². The molecule has 2 aromatic rings. The summed E-state index contributed by atoms with van der Waals surface area (Å²) in [6.45, 7) is 0.